The van der Waals surface area contributed by atoms with Crippen molar-refractivity contribution >= 4 is 27.8 Å². The standard InChI is InChI=1S/C14H15BrFNO3/c1-14(13(19)20)7-3-6-10(14)17-12(18)8-4-2-5-9(16)11(8)15/h2,4-5,10H,3,6-7H2,1H3,(H,17,18)(H,19,20). The SMILES string of the molecule is CC1(C(=O)O)CCCC1NC(=O)c1cccc(F)c1Br. The van der Waals surface area contributed by atoms with E-state index < -0.39 is 29.2 Å². The quantitative estimate of drug-likeness (QED) is 0.886. The molecule has 6 heteroatoms. The fourth-order valence-corrected chi connectivity index (χ4v) is 3.01. The van der Waals surface area contributed by atoms with Crippen molar-refractivity contribution in [3.8, 4) is 0 Å². The summed E-state index contributed by atoms with van der Waals surface area (Å²) >= 11 is 3.04. The van der Waals surface area contributed by atoms with Crippen molar-refractivity contribution in [1.82, 2.24) is 5.32 Å². The molecule has 1 saturated carbocycles. The van der Waals surface area contributed by atoms with Crippen LogP contribution in [0, 0.1) is 11.2 Å². The number of hydrogen-bond acceptors (Lipinski definition) is 2. The molecule has 2 atom stereocenters. The number of benzene rings is 1. The summed E-state index contributed by atoms with van der Waals surface area (Å²) < 4.78 is 13.5. The summed E-state index contributed by atoms with van der Waals surface area (Å²) in [7, 11) is 0. The highest BCUT2D eigenvalue weighted by atomic mass is 79.9. The Bertz CT molecular complexity index is 563. The lowest BCUT2D eigenvalue weighted by Gasteiger charge is -2.27. The third kappa shape index (κ3) is 2.57. The summed E-state index contributed by atoms with van der Waals surface area (Å²) in [6, 6.07) is 3.75. The fourth-order valence-electron chi connectivity index (χ4n) is 2.57. The van der Waals surface area contributed by atoms with Gasteiger partial charge in [-0.3, -0.25) is 9.59 Å². The van der Waals surface area contributed by atoms with Crippen LogP contribution in [0.1, 0.15) is 36.5 Å². The van der Waals surface area contributed by atoms with Gasteiger partial charge in [-0.2, -0.15) is 0 Å². The van der Waals surface area contributed by atoms with Gasteiger partial charge < -0.3 is 10.4 Å². The molecule has 4 nitrogen and oxygen atoms in total. The first-order valence-corrected chi connectivity index (χ1v) is 7.14. The van der Waals surface area contributed by atoms with Crippen molar-refractivity contribution in [2.45, 2.75) is 32.2 Å². The fraction of sp³-hybridized carbons (Fsp3) is 0.429. The van der Waals surface area contributed by atoms with E-state index in [0.29, 0.717) is 12.8 Å². The Morgan fingerprint density at radius 1 is 1.50 bits per heavy atom. The van der Waals surface area contributed by atoms with Gasteiger partial charge in [0.25, 0.3) is 5.91 Å². The molecule has 0 spiro atoms. The van der Waals surface area contributed by atoms with Crippen molar-refractivity contribution in [1.29, 1.82) is 0 Å². The molecule has 0 aliphatic heterocycles. The van der Waals surface area contributed by atoms with Crippen LogP contribution < -0.4 is 5.32 Å². The smallest absolute Gasteiger partial charge is 0.311 e. The lowest BCUT2D eigenvalue weighted by molar-refractivity contribution is -0.148. The maximum Gasteiger partial charge on any atom is 0.311 e. The van der Waals surface area contributed by atoms with E-state index >= 15 is 0 Å². The number of carboxylic acid groups (broad SMARTS) is 1. The second kappa shape index (κ2) is 5.52. The lowest BCUT2D eigenvalue weighted by Crippen LogP contribution is -2.47. The Balaban J connectivity index is 2.20. The van der Waals surface area contributed by atoms with E-state index in [0.717, 1.165) is 6.42 Å². The Morgan fingerprint density at radius 3 is 2.85 bits per heavy atom. The summed E-state index contributed by atoms with van der Waals surface area (Å²) in [5.74, 6) is -1.90. The van der Waals surface area contributed by atoms with Gasteiger partial charge in [0.15, 0.2) is 0 Å². The van der Waals surface area contributed by atoms with Crippen LogP contribution in [0.15, 0.2) is 22.7 Å². The maximum atomic E-state index is 13.4. The number of carbonyl (C=O) groups excluding carboxylic acids is 1. The molecule has 1 aromatic rings. The zero-order chi connectivity index (χ0) is 14.9. The Hall–Kier alpha value is -1.43. The molecule has 1 fully saturated rings. The van der Waals surface area contributed by atoms with Gasteiger partial charge in [0.1, 0.15) is 5.82 Å². The summed E-state index contributed by atoms with van der Waals surface area (Å²) in [6.45, 7) is 1.63. The Labute approximate surface area is 124 Å². The first-order chi connectivity index (χ1) is 9.36. The minimum absolute atomic E-state index is 0.0903. The molecule has 1 aliphatic carbocycles. The number of amides is 1. The molecule has 0 radical (unpaired) electrons. The van der Waals surface area contributed by atoms with Gasteiger partial charge in [-0.1, -0.05) is 12.5 Å². The summed E-state index contributed by atoms with van der Waals surface area (Å²) in [4.78, 5) is 23.5. The van der Waals surface area contributed by atoms with Gasteiger partial charge in [-0.25, -0.2) is 4.39 Å². The second-order valence-corrected chi connectivity index (χ2v) is 6.04. The van der Waals surface area contributed by atoms with E-state index in [4.69, 9.17) is 0 Å². The van der Waals surface area contributed by atoms with Crippen LogP contribution in [0.25, 0.3) is 0 Å². The molecular formula is C14H15BrFNO3. The van der Waals surface area contributed by atoms with E-state index in [1.54, 1.807) is 6.92 Å². The normalized spacial score (nSPS) is 25.4. The second-order valence-electron chi connectivity index (χ2n) is 5.24. The number of halogens is 2. The molecule has 2 N–H and O–H groups in total. The van der Waals surface area contributed by atoms with Crippen molar-refractivity contribution in [3.05, 3.63) is 34.1 Å². The molecule has 1 amide bonds. The number of aliphatic carboxylic acids is 1. The van der Waals surface area contributed by atoms with Crippen molar-refractivity contribution in [3.63, 3.8) is 0 Å². The van der Waals surface area contributed by atoms with Gasteiger partial charge in [-0.15, -0.1) is 0 Å². The molecule has 108 valence electrons. The first kappa shape index (κ1) is 15.0. The van der Waals surface area contributed by atoms with E-state index in [1.807, 2.05) is 0 Å². The highest BCUT2D eigenvalue weighted by Gasteiger charge is 2.46. The summed E-state index contributed by atoms with van der Waals surface area (Å²) in [6.07, 6.45) is 1.89. The molecule has 1 aromatic carbocycles. The zero-order valence-corrected chi connectivity index (χ0v) is 12.5. The number of rotatable bonds is 3. The molecule has 0 saturated heterocycles. The maximum absolute atomic E-state index is 13.4. The predicted molar refractivity (Wildman–Crippen MR) is 74.9 cm³/mol. The van der Waals surface area contributed by atoms with Crippen LogP contribution in [0.2, 0.25) is 0 Å². The summed E-state index contributed by atoms with van der Waals surface area (Å²) in [5.41, 5.74) is -0.792. The van der Waals surface area contributed by atoms with Gasteiger partial charge in [0.2, 0.25) is 0 Å². The van der Waals surface area contributed by atoms with Crippen LogP contribution in [0.3, 0.4) is 0 Å². The van der Waals surface area contributed by atoms with E-state index in [-0.39, 0.29) is 10.0 Å². The van der Waals surface area contributed by atoms with Crippen molar-refractivity contribution in [2.75, 3.05) is 0 Å². The highest BCUT2D eigenvalue weighted by molar-refractivity contribution is 9.10. The molecule has 2 unspecified atom stereocenters. The minimum Gasteiger partial charge on any atom is -0.481 e. The van der Waals surface area contributed by atoms with Gasteiger partial charge in [0.05, 0.1) is 15.5 Å². The van der Waals surface area contributed by atoms with E-state index in [1.165, 1.54) is 18.2 Å². The number of carbonyl (C=O) groups is 2. The Morgan fingerprint density at radius 2 is 2.20 bits per heavy atom. The third-order valence-electron chi connectivity index (χ3n) is 3.95. The van der Waals surface area contributed by atoms with Gasteiger partial charge in [0, 0.05) is 6.04 Å². The van der Waals surface area contributed by atoms with Crippen molar-refractivity contribution in [2.24, 2.45) is 5.41 Å². The molecule has 0 aromatic heterocycles. The summed E-state index contributed by atoms with van der Waals surface area (Å²) in [5, 5.41) is 12.0. The molecule has 0 heterocycles. The van der Waals surface area contributed by atoms with Crippen molar-refractivity contribution < 1.29 is 19.1 Å². The average Bonchev–Trinajstić information content (AvgIpc) is 2.75. The highest BCUT2D eigenvalue weighted by Crippen LogP contribution is 2.38. The number of hydrogen-bond donors (Lipinski definition) is 2. The van der Waals surface area contributed by atoms with Crippen LogP contribution in [-0.2, 0) is 4.79 Å². The first-order valence-electron chi connectivity index (χ1n) is 6.34. The number of nitrogens with one attached hydrogen (secondary N) is 1. The average molecular weight is 344 g/mol. The van der Waals surface area contributed by atoms with E-state index in [2.05, 4.69) is 21.2 Å². The molecule has 0 bridgehead atoms. The van der Waals surface area contributed by atoms with Crippen LogP contribution in [-0.4, -0.2) is 23.0 Å². The van der Waals surface area contributed by atoms with Crippen LogP contribution >= 0.6 is 15.9 Å². The molecule has 2 rings (SSSR count). The molecular weight excluding hydrogens is 329 g/mol. The molecule has 20 heavy (non-hydrogen) atoms. The topological polar surface area (TPSA) is 66.4 Å². The Kier molecular flexibility index (Phi) is 4.13. The monoisotopic (exact) mass is 343 g/mol. The van der Waals surface area contributed by atoms with Crippen LogP contribution in [0.5, 0.6) is 0 Å². The number of carboxylic acids is 1. The molecule has 1 aliphatic rings. The van der Waals surface area contributed by atoms with E-state index in [9.17, 15) is 19.1 Å². The lowest BCUT2D eigenvalue weighted by atomic mass is 9.85. The van der Waals surface area contributed by atoms with Gasteiger partial charge in [-0.05, 0) is 47.8 Å². The van der Waals surface area contributed by atoms with Crippen LogP contribution in [0.4, 0.5) is 4.39 Å². The largest absolute Gasteiger partial charge is 0.481 e. The predicted octanol–water partition coefficient (Wildman–Crippen LogP) is 2.96. The third-order valence-corrected chi connectivity index (χ3v) is 4.75. The zero-order valence-electron chi connectivity index (χ0n) is 11.0. The van der Waals surface area contributed by atoms with Gasteiger partial charge >= 0.3 is 5.97 Å². The minimum atomic E-state index is -0.963.